The van der Waals surface area contributed by atoms with Crippen LogP contribution in [0.15, 0.2) is 59.5 Å². The first-order valence-corrected chi connectivity index (χ1v) is 8.93. The highest BCUT2D eigenvalue weighted by Crippen LogP contribution is 2.21. The summed E-state index contributed by atoms with van der Waals surface area (Å²) < 4.78 is 27.5. The van der Waals surface area contributed by atoms with Gasteiger partial charge in [0.15, 0.2) is 0 Å². The van der Waals surface area contributed by atoms with Crippen molar-refractivity contribution in [2.45, 2.75) is 24.3 Å². The second-order valence-corrected chi connectivity index (χ2v) is 7.10. The second kappa shape index (κ2) is 7.91. The number of carboxylic acid groups (broad SMARTS) is 1. The number of hydrogen-bond acceptors (Lipinski definition) is 4. The number of carboxylic acids is 1. The van der Waals surface area contributed by atoms with E-state index < -0.39 is 22.0 Å². The van der Waals surface area contributed by atoms with Crippen molar-refractivity contribution >= 4 is 27.6 Å². The van der Waals surface area contributed by atoms with Crippen molar-refractivity contribution in [1.82, 2.24) is 4.72 Å². The van der Waals surface area contributed by atoms with Gasteiger partial charge in [0.25, 0.3) is 0 Å². The van der Waals surface area contributed by atoms with Crippen LogP contribution < -0.4 is 10.0 Å². The standard InChI is InChI=1S/C17H18N2O5S/c1-12(20)18-14-7-9-15(10-8-14)25(23,24)19-16(11-17(21)22)13-5-3-2-4-6-13/h2-10,16,19H,11H2,1H3,(H,18,20)(H,21,22)/t16-/m1/s1. The van der Waals surface area contributed by atoms with Gasteiger partial charge in [0.1, 0.15) is 0 Å². The number of anilines is 1. The molecule has 8 heteroatoms. The average molecular weight is 362 g/mol. The van der Waals surface area contributed by atoms with E-state index in [0.717, 1.165) is 0 Å². The van der Waals surface area contributed by atoms with Gasteiger partial charge in [-0.2, -0.15) is 0 Å². The zero-order valence-electron chi connectivity index (χ0n) is 13.5. The molecule has 2 rings (SSSR count). The van der Waals surface area contributed by atoms with E-state index in [0.29, 0.717) is 11.3 Å². The number of carbonyl (C=O) groups excluding carboxylic acids is 1. The third-order valence-electron chi connectivity index (χ3n) is 3.36. The molecule has 2 aromatic carbocycles. The minimum absolute atomic E-state index is 0.0204. The molecular weight excluding hydrogens is 344 g/mol. The Labute approximate surface area is 145 Å². The number of aliphatic carboxylic acids is 1. The Morgan fingerprint density at radius 2 is 1.64 bits per heavy atom. The lowest BCUT2D eigenvalue weighted by molar-refractivity contribution is -0.137. The molecule has 0 saturated heterocycles. The number of benzene rings is 2. The van der Waals surface area contributed by atoms with E-state index in [1.165, 1.54) is 31.2 Å². The number of hydrogen-bond donors (Lipinski definition) is 3. The summed E-state index contributed by atoms with van der Waals surface area (Å²) in [6.07, 6.45) is -0.382. The Hall–Kier alpha value is -2.71. The molecule has 0 spiro atoms. The fourth-order valence-electron chi connectivity index (χ4n) is 2.26. The van der Waals surface area contributed by atoms with Crippen LogP contribution in [0, 0.1) is 0 Å². The minimum atomic E-state index is -3.92. The molecule has 0 fully saturated rings. The Morgan fingerprint density at radius 1 is 1.04 bits per heavy atom. The summed E-state index contributed by atoms with van der Waals surface area (Å²) in [5.74, 6) is -1.38. The molecule has 0 bridgehead atoms. The molecule has 0 aromatic heterocycles. The Balaban J connectivity index is 2.24. The fourth-order valence-corrected chi connectivity index (χ4v) is 3.49. The Bertz CT molecular complexity index is 848. The van der Waals surface area contributed by atoms with Crippen molar-refractivity contribution in [2.75, 3.05) is 5.32 Å². The summed E-state index contributed by atoms with van der Waals surface area (Å²) in [7, 11) is -3.92. The molecule has 0 radical (unpaired) electrons. The summed E-state index contributed by atoms with van der Waals surface area (Å²) >= 11 is 0. The quantitative estimate of drug-likeness (QED) is 0.698. The number of nitrogens with one attached hydrogen (secondary N) is 2. The molecule has 132 valence electrons. The maximum atomic E-state index is 12.5. The zero-order valence-corrected chi connectivity index (χ0v) is 14.3. The predicted octanol–water partition coefficient (Wildman–Crippen LogP) is 2.14. The van der Waals surface area contributed by atoms with Gasteiger partial charge in [-0.3, -0.25) is 9.59 Å². The maximum absolute atomic E-state index is 12.5. The van der Waals surface area contributed by atoms with E-state index in [2.05, 4.69) is 10.0 Å². The van der Waals surface area contributed by atoms with E-state index in [1.807, 2.05) is 0 Å². The lowest BCUT2D eigenvalue weighted by Gasteiger charge is -2.17. The van der Waals surface area contributed by atoms with Crippen LogP contribution in [0.3, 0.4) is 0 Å². The van der Waals surface area contributed by atoms with Crippen molar-refractivity contribution in [2.24, 2.45) is 0 Å². The Kier molecular flexibility index (Phi) is 5.89. The topological polar surface area (TPSA) is 113 Å². The highest BCUT2D eigenvalue weighted by molar-refractivity contribution is 7.89. The lowest BCUT2D eigenvalue weighted by atomic mass is 10.1. The molecule has 3 N–H and O–H groups in total. The van der Waals surface area contributed by atoms with E-state index >= 15 is 0 Å². The van der Waals surface area contributed by atoms with Crippen molar-refractivity contribution in [1.29, 1.82) is 0 Å². The molecule has 1 atom stereocenters. The van der Waals surface area contributed by atoms with Crippen LogP contribution in [-0.2, 0) is 19.6 Å². The molecule has 7 nitrogen and oxygen atoms in total. The average Bonchev–Trinajstić information content (AvgIpc) is 2.54. The van der Waals surface area contributed by atoms with Crippen LogP contribution in [0.4, 0.5) is 5.69 Å². The van der Waals surface area contributed by atoms with Gasteiger partial charge < -0.3 is 10.4 Å². The summed E-state index contributed by atoms with van der Waals surface area (Å²) in [5, 5.41) is 11.6. The van der Waals surface area contributed by atoms with E-state index in [1.54, 1.807) is 30.3 Å². The number of amides is 1. The van der Waals surface area contributed by atoms with E-state index in [4.69, 9.17) is 5.11 Å². The zero-order chi connectivity index (χ0) is 18.4. The smallest absolute Gasteiger partial charge is 0.305 e. The summed E-state index contributed by atoms with van der Waals surface area (Å²) in [6.45, 7) is 1.35. The first kappa shape index (κ1) is 18.6. The van der Waals surface area contributed by atoms with Gasteiger partial charge in [0.2, 0.25) is 15.9 Å². The van der Waals surface area contributed by atoms with Crippen molar-refractivity contribution < 1.29 is 23.1 Å². The molecule has 0 aliphatic rings. The first-order valence-electron chi connectivity index (χ1n) is 7.44. The van der Waals surface area contributed by atoms with Gasteiger partial charge in [0.05, 0.1) is 17.4 Å². The van der Waals surface area contributed by atoms with Crippen molar-refractivity contribution in [3.8, 4) is 0 Å². The van der Waals surface area contributed by atoms with E-state index in [9.17, 15) is 18.0 Å². The molecule has 2 aromatic rings. The number of sulfonamides is 1. The second-order valence-electron chi connectivity index (χ2n) is 5.39. The highest BCUT2D eigenvalue weighted by atomic mass is 32.2. The van der Waals surface area contributed by atoms with Crippen molar-refractivity contribution in [3.05, 3.63) is 60.2 Å². The monoisotopic (exact) mass is 362 g/mol. The largest absolute Gasteiger partial charge is 0.481 e. The van der Waals surface area contributed by atoms with Gasteiger partial charge in [0, 0.05) is 12.6 Å². The fraction of sp³-hybridized carbons (Fsp3) is 0.176. The van der Waals surface area contributed by atoms with Gasteiger partial charge >= 0.3 is 5.97 Å². The maximum Gasteiger partial charge on any atom is 0.305 e. The van der Waals surface area contributed by atoms with Crippen molar-refractivity contribution in [3.63, 3.8) is 0 Å². The summed E-state index contributed by atoms with van der Waals surface area (Å²) in [6, 6.07) is 13.2. The van der Waals surface area contributed by atoms with Crippen LogP contribution in [0.1, 0.15) is 24.9 Å². The molecule has 1 amide bonds. The molecule has 0 unspecified atom stereocenters. The molecule has 0 aliphatic carbocycles. The predicted molar refractivity (Wildman–Crippen MR) is 92.5 cm³/mol. The third-order valence-corrected chi connectivity index (χ3v) is 4.85. The SMILES string of the molecule is CC(=O)Nc1ccc(S(=O)(=O)N[C@H](CC(=O)O)c2ccccc2)cc1. The van der Waals surface area contributed by atoms with Crippen LogP contribution in [-0.4, -0.2) is 25.4 Å². The number of rotatable bonds is 7. The molecular formula is C17H18N2O5S. The molecule has 25 heavy (non-hydrogen) atoms. The van der Waals surface area contributed by atoms with Crippen LogP contribution in [0.2, 0.25) is 0 Å². The lowest BCUT2D eigenvalue weighted by Crippen LogP contribution is -2.30. The summed E-state index contributed by atoms with van der Waals surface area (Å²) in [4.78, 5) is 22.1. The van der Waals surface area contributed by atoms with Gasteiger partial charge in [-0.1, -0.05) is 30.3 Å². The molecule has 0 saturated carbocycles. The van der Waals surface area contributed by atoms with Crippen LogP contribution >= 0.6 is 0 Å². The minimum Gasteiger partial charge on any atom is -0.481 e. The first-order chi connectivity index (χ1) is 11.8. The molecule has 0 aliphatic heterocycles. The number of carbonyl (C=O) groups is 2. The van der Waals surface area contributed by atoms with Gasteiger partial charge in [-0.25, -0.2) is 13.1 Å². The van der Waals surface area contributed by atoms with E-state index in [-0.39, 0.29) is 17.2 Å². The normalized spacial score (nSPS) is 12.4. The van der Waals surface area contributed by atoms with Gasteiger partial charge in [-0.15, -0.1) is 0 Å². The van der Waals surface area contributed by atoms with Crippen LogP contribution in [0.25, 0.3) is 0 Å². The highest BCUT2D eigenvalue weighted by Gasteiger charge is 2.23. The van der Waals surface area contributed by atoms with Gasteiger partial charge in [-0.05, 0) is 29.8 Å². The molecule has 0 heterocycles. The Morgan fingerprint density at radius 3 is 2.16 bits per heavy atom. The van der Waals surface area contributed by atoms with Crippen LogP contribution in [0.5, 0.6) is 0 Å². The third kappa shape index (κ3) is 5.40. The summed E-state index contributed by atoms with van der Waals surface area (Å²) in [5.41, 5.74) is 1.03.